The smallest absolute Gasteiger partial charge is 0.306 e. The van der Waals surface area contributed by atoms with Gasteiger partial charge in [-0.25, -0.2) is 0 Å². The van der Waals surface area contributed by atoms with E-state index < -0.39 is 5.97 Å². The van der Waals surface area contributed by atoms with Gasteiger partial charge in [0.1, 0.15) is 6.10 Å². The highest BCUT2D eigenvalue weighted by molar-refractivity contribution is 5.69. The molecule has 0 spiro atoms. The van der Waals surface area contributed by atoms with Crippen LogP contribution in [0, 0.1) is 0 Å². The van der Waals surface area contributed by atoms with Crippen LogP contribution >= 0.6 is 0 Å². The standard InChI is InChI=1S/C33H58O4/c1-3-5-6-7-8-9-10-11-12-13-14-18-21-24-27-30-33(36)37-31(4-2)28-25-22-19-16-15-17-20-23-26-29-32(34)35/h5-6,8-9,11-12,31H,3-4,7,10,13-30H2,1-2H3,(H,34,35)/b6-5-,9-8-,12-11-. The second kappa shape index (κ2) is 28.7. The SMILES string of the molecule is CC/C=C\C/C=C\C/C=C\CCCCCCCC(=O)OC(CC)CCCCCCCCCCCC(=O)O. The number of ether oxygens (including phenoxy) is 1. The third-order valence-corrected chi connectivity index (χ3v) is 6.70. The lowest BCUT2D eigenvalue weighted by molar-refractivity contribution is -0.149. The second-order valence-electron chi connectivity index (χ2n) is 10.2. The molecule has 0 saturated heterocycles. The molecule has 0 aliphatic carbocycles. The Hall–Kier alpha value is -1.84. The molecule has 1 unspecified atom stereocenters. The van der Waals surface area contributed by atoms with Crippen LogP contribution in [0.15, 0.2) is 36.5 Å². The molecule has 37 heavy (non-hydrogen) atoms. The zero-order valence-electron chi connectivity index (χ0n) is 24.3. The lowest BCUT2D eigenvalue weighted by Gasteiger charge is -2.16. The first-order valence-corrected chi connectivity index (χ1v) is 15.5. The number of allylic oxidation sites excluding steroid dienone is 6. The van der Waals surface area contributed by atoms with Crippen LogP contribution in [0.5, 0.6) is 0 Å². The van der Waals surface area contributed by atoms with Crippen molar-refractivity contribution in [2.45, 2.75) is 161 Å². The number of aliphatic carboxylic acids is 1. The van der Waals surface area contributed by atoms with Gasteiger partial charge in [-0.1, -0.05) is 115 Å². The average molecular weight is 519 g/mol. The van der Waals surface area contributed by atoms with Crippen LogP contribution in [0.4, 0.5) is 0 Å². The molecule has 4 nitrogen and oxygen atoms in total. The lowest BCUT2D eigenvalue weighted by atomic mass is 10.0. The molecule has 0 rings (SSSR count). The summed E-state index contributed by atoms with van der Waals surface area (Å²) in [5.74, 6) is -0.702. The van der Waals surface area contributed by atoms with Gasteiger partial charge in [0.25, 0.3) is 0 Å². The fraction of sp³-hybridized carbons (Fsp3) is 0.758. The maximum absolute atomic E-state index is 12.2. The molecule has 0 radical (unpaired) electrons. The maximum atomic E-state index is 12.2. The van der Waals surface area contributed by atoms with E-state index in [0.717, 1.165) is 77.0 Å². The van der Waals surface area contributed by atoms with Crippen molar-refractivity contribution >= 4 is 11.9 Å². The van der Waals surface area contributed by atoms with Crippen molar-refractivity contribution < 1.29 is 19.4 Å². The molecular weight excluding hydrogens is 460 g/mol. The largest absolute Gasteiger partial charge is 0.481 e. The Balaban J connectivity index is 3.53. The molecule has 0 heterocycles. The van der Waals surface area contributed by atoms with E-state index in [9.17, 15) is 9.59 Å². The molecule has 4 heteroatoms. The van der Waals surface area contributed by atoms with Gasteiger partial charge in [-0.15, -0.1) is 0 Å². The van der Waals surface area contributed by atoms with Gasteiger partial charge in [-0.05, 0) is 64.2 Å². The van der Waals surface area contributed by atoms with E-state index in [1.54, 1.807) is 0 Å². The monoisotopic (exact) mass is 518 g/mol. The Labute approximate surface area is 229 Å². The van der Waals surface area contributed by atoms with E-state index in [1.165, 1.54) is 51.4 Å². The first-order valence-electron chi connectivity index (χ1n) is 15.5. The third-order valence-electron chi connectivity index (χ3n) is 6.70. The molecule has 1 atom stereocenters. The van der Waals surface area contributed by atoms with Gasteiger partial charge in [-0.2, -0.15) is 0 Å². The minimum Gasteiger partial charge on any atom is -0.481 e. The molecule has 0 aromatic heterocycles. The highest BCUT2D eigenvalue weighted by Crippen LogP contribution is 2.16. The van der Waals surface area contributed by atoms with Crippen LogP contribution in [0.3, 0.4) is 0 Å². The Bertz CT molecular complexity index is 605. The second-order valence-corrected chi connectivity index (χ2v) is 10.2. The quantitative estimate of drug-likeness (QED) is 0.0667. The van der Waals surface area contributed by atoms with Crippen molar-refractivity contribution in [2.24, 2.45) is 0 Å². The first kappa shape index (κ1) is 35.2. The Morgan fingerprint density at radius 1 is 0.622 bits per heavy atom. The molecule has 1 N–H and O–H groups in total. The Morgan fingerprint density at radius 3 is 1.68 bits per heavy atom. The molecular formula is C33H58O4. The van der Waals surface area contributed by atoms with Gasteiger partial charge in [0.2, 0.25) is 0 Å². The van der Waals surface area contributed by atoms with Crippen LogP contribution in [0.2, 0.25) is 0 Å². The third kappa shape index (κ3) is 28.6. The van der Waals surface area contributed by atoms with Gasteiger partial charge in [-0.3, -0.25) is 9.59 Å². The van der Waals surface area contributed by atoms with Crippen LogP contribution < -0.4 is 0 Å². The van der Waals surface area contributed by atoms with Crippen LogP contribution in [0.1, 0.15) is 155 Å². The topological polar surface area (TPSA) is 63.6 Å². The number of rotatable bonds is 27. The van der Waals surface area contributed by atoms with Crippen LogP contribution in [-0.2, 0) is 14.3 Å². The molecule has 0 fully saturated rings. The number of carbonyl (C=O) groups is 2. The number of hydrogen-bond acceptors (Lipinski definition) is 3. The number of unbranched alkanes of at least 4 members (excludes halogenated alkanes) is 13. The molecule has 0 saturated carbocycles. The van der Waals surface area contributed by atoms with Gasteiger partial charge < -0.3 is 9.84 Å². The van der Waals surface area contributed by atoms with Crippen LogP contribution in [0.25, 0.3) is 0 Å². The molecule has 0 bridgehead atoms. The summed E-state index contributed by atoms with van der Waals surface area (Å²) < 4.78 is 5.72. The van der Waals surface area contributed by atoms with E-state index in [2.05, 4.69) is 50.3 Å². The minimum absolute atomic E-state index is 0.0177. The highest BCUT2D eigenvalue weighted by Gasteiger charge is 2.12. The summed E-state index contributed by atoms with van der Waals surface area (Å²) in [6, 6.07) is 0. The van der Waals surface area contributed by atoms with Crippen molar-refractivity contribution in [1.82, 2.24) is 0 Å². The summed E-state index contributed by atoms with van der Waals surface area (Å²) in [7, 11) is 0. The van der Waals surface area contributed by atoms with E-state index >= 15 is 0 Å². The van der Waals surface area contributed by atoms with Gasteiger partial charge >= 0.3 is 11.9 Å². The molecule has 0 amide bonds. The fourth-order valence-electron chi connectivity index (χ4n) is 4.37. The Kier molecular flexibility index (Phi) is 27.3. The Morgan fingerprint density at radius 2 is 1.11 bits per heavy atom. The predicted octanol–water partition coefficient (Wildman–Crippen LogP) is 10.3. The van der Waals surface area contributed by atoms with Crippen molar-refractivity contribution in [1.29, 1.82) is 0 Å². The lowest BCUT2D eigenvalue weighted by Crippen LogP contribution is -2.17. The number of carbonyl (C=O) groups excluding carboxylic acids is 1. The number of hydrogen-bond donors (Lipinski definition) is 1. The summed E-state index contributed by atoms with van der Waals surface area (Å²) in [5.41, 5.74) is 0. The predicted molar refractivity (Wildman–Crippen MR) is 158 cm³/mol. The van der Waals surface area contributed by atoms with Crippen molar-refractivity contribution in [3.05, 3.63) is 36.5 Å². The molecule has 214 valence electrons. The summed E-state index contributed by atoms with van der Waals surface area (Å²) >= 11 is 0. The van der Waals surface area contributed by atoms with E-state index in [0.29, 0.717) is 12.8 Å². The maximum Gasteiger partial charge on any atom is 0.306 e. The zero-order valence-corrected chi connectivity index (χ0v) is 24.3. The van der Waals surface area contributed by atoms with Gasteiger partial charge in [0.05, 0.1) is 0 Å². The number of carboxylic acids is 1. The van der Waals surface area contributed by atoms with Crippen molar-refractivity contribution in [3.8, 4) is 0 Å². The van der Waals surface area contributed by atoms with Gasteiger partial charge in [0, 0.05) is 12.8 Å². The number of esters is 1. The normalized spacial score (nSPS) is 12.7. The van der Waals surface area contributed by atoms with E-state index in [1.807, 2.05) is 0 Å². The molecule has 0 aliphatic heterocycles. The summed E-state index contributed by atoms with van der Waals surface area (Å²) in [4.78, 5) is 22.7. The molecule has 0 aromatic carbocycles. The fourth-order valence-corrected chi connectivity index (χ4v) is 4.37. The average Bonchev–Trinajstić information content (AvgIpc) is 2.88. The number of carboxylic acid groups (broad SMARTS) is 1. The van der Waals surface area contributed by atoms with Crippen LogP contribution in [-0.4, -0.2) is 23.1 Å². The molecule has 0 aliphatic rings. The first-order chi connectivity index (χ1) is 18.1. The minimum atomic E-state index is -0.684. The van der Waals surface area contributed by atoms with Gasteiger partial charge in [0.15, 0.2) is 0 Å². The van der Waals surface area contributed by atoms with Crippen molar-refractivity contribution in [3.63, 3.8) is 0 Å². The van der Waals surface area contributed by atoms with Crippen molar-refractivity contribution in [2.75, 3.05) is 0 Å². The van der Waals surface area contributed by atoms with E-state index in [-0.39, 0.29) is 12.1 Å². The highest BCUT2D eigenvalue weighted by atomic mass is 16.5. The zero-order chi connectivity index (χ0) is 27.2. The molecule has 0 aromatic rings. The summed E-state index contributed by atoms with van der Waals surface area (Å²) in [6.07, 6.45) is 36.6. The summed E-state index contributed by atoms with van der Waals surface area (Å²) in [5, 5.41) is 8.63. The van der Waals surface area contributed by atoms with E-state index in [4.69, 9.17) is 9.84 Å². The summed E-state index contributed by atoms with van der Waals surface area (Å²) in [6.45, 7) is 4.27.